The second-order valence-electron chi connectivity index (χ2n) is 5.55. The van der Waals surface area contributed by atoms with E-state index in [4.69, 9.17) is 17.3 Å². The third-order valence-electron chi connectivity index (χ3n) is 3.82. The van der Waals surface area contributed by atoms with Gasteiger partial charge in [0.1, 0.15) is 0 Å². The average Bonchev–Trinajstić information content (AvgIpc) is 2.97. The molecule has 0 saturated carbocycles. The number of carbonyl (C=O) groups excluding carboxylic acids is 1. The number of nitrogens with zero attached hydrogens (tertiary/aromatic N) is 3. The molecule has 1 aromatic carbocycles. The average molecular weight is 352 g/mol. The van der Waals surface area contributed by atoms with E-state index in [1.54, 1.807) is 0 Å². The van der Waals surface area contributed by atoms with Crippen molar-refractivity contribution >= 4 is 34.0 Å². The normalized spacial score (nSPS) is 16.4. The van der Waals surface area contributed by atoms with Gasteiger partial charge in [0.25, 0.3) is 0 Å². The largest absolute Gasteiger partial charge is 0.369 e. The Balaban J connectivity index is 1.58. The number of piperidine rings is 1. The van der Waals surface area contributed by atoms with Crippen molar-refractivity contribution in [2.75, 3.05) is 25.0 Å². The van der Waals surface area contributed by atoms with Gasteiger partial charge in [0, 0.05) is 24.7 Å². The number of primary amides is 1. The van der Waals surface area contributed by atoms with Crippen molar-refractivity contribution in [3.05, 3.63) is 29.3 Å². The highest BCUT2D eigenvalue weighted by molar-refractivity contribution is 7.18. The Kier molecular flexibility index (Phi) is 5.09. The molecule has 1 aromatic heterocycles. The number of rotatable bonds is 5. The molecule has 1 saturated heterocycles. The molecule has 23 heavy (non-hydrogen) atoms. The van der Waals surface area contributed by atoms with Crippen LogP contribution in [0.15, 0.2) is 24.3 Å². The van der Waals surface area contributed by atoms with Crippen molar-refractivity contribution in [1.29, 1.82) is 0 Å². The van der Waals surface area contributed by atoms with Gasteiger partial charge in [-0.15, -0.1) is 10.2 Å². The fourth-order valence-corrected chi connectivity index (χ4v) is 3.80. The number of nitrogens with one attached hydrogen (secondary N) is 1. The molecule has 1 fully saturated rings. The van der Waals surface area contributed by atoms with Gasteiger partial charge < -0.3 is 11.1 Å². The fraction of sp³-hybridized carbons (Fsp3) is 0.400. The lowest BCUT2D eigenvalue weighted by molar-refractivity contribution is -0.119. The van der Waals surface area contributed by atoms with Crippen LogP contribution in [0, 0.1) is 0 Å². The van der Waals surface area contributed by atoms with Crippen LogP contribution in [0.25, 0.3) is 10.6 Å². The predicted molar refractivity (Wildman–Crippen MR) is 92.6 cm³/mol. The number of hydrogen-bond acceptors (Lipinski definition) is 6. The summed E-state index contributed by atoms with van der Waals surface area (Å²) < 4.78 is 0. The number of amides is 1. The highest BCUT2D eigenvalue weighted by Gasteiger charge is 2.21. The van der Waals surface area contributed by atoms with Gasteiger partial charge in [-0.25, -0.2) is 0 Å². The lowest BCUT2D eigenvalue weighted by atomic mass is 10.1. The van der Waals surface area contributed by atoms with Gasteiger partial charge in [-0.2, -0.15) is 0 Å². The summed E-state index contributed by atoms with van der Waals surface area (Å²) in [4.78, 5) is 13.0. The zero-order valence-corrected chi connectivity index (χ0v) is 14.1. The van der Waals surface area contributed by atoms with E-state index in [9.17, 15) is 4.79 Å². The van der Waals surface area contributed by atoms with E-state index in [-0.39, 0.29) is 5.91 Å². The topological polar surface area (TPSA) is 84.1 Å². The number of carbonyl (C=O) groups is 1. The molecule has 1 aliphatic rings. The fourth-order valence-electron chi connectivity index (χ4n) is 2.66. The zero-order chi connectivity index (χ0) is 16.2. The molecule has 1 aliphatic heterocycles. The van der Waals surface area contributed by atoms with Crippen molar-refractivity contribution in [3.8, 4) is 10.6 Å². The van der Waals surface area contributed by atoms with Crippen molar-refractivity contribution < 1.29 is 4.79 Å². The standard InChI is InChI=1S/C15H18ClN5OS/c16-12-4-2-1-3-11(12)14-19-20-15(23-14)18-10-5-7-21(8-6-10)9-13(17)22/h1-4,10H,5-9H2,(H2,17,22)(H,18,20). The molecule has 0 unspecified atom stereocenters. The summed E-state index contributed by atoms with van der Waals surface area (Å²) in [6.07, 6.45) is 1.91. The SMILES string of the molecule is NC(=O)CN1CCC(Nc2nnc(-c3ccccc3Cl)s2)CC1. The number of likely N-dealkylation sites (tertiary alicyclic amines) is 1. The van der Waals surface area contributed by atoms with Crippen molar-refractivity contribution in [1.82, 2.24) is 15.1 Å². The van der Waals surface area contributed by atoms with E-state index < -0.39 is 0 Å². The third-order valence-corrected chi connectivity index (χ3v) is 5.04. The maximum atomic E-state index is 10.9. The smallest absolute Gasteiger partial charge is 0.231 e. The Hall–Kier alpha value is -1.70. The molecule has 3 N–H and O–H groups in total. The van der Waals surface area contributed by atoms with Crippen LogP contribution in [0.4, 0.5) is 5.13 Å². The molecule has 2 aromatic rings. The Morgan fingerprint density at radius 2 is 2.09 bits per heavy atom. The lowest BCUT2D eigenvalue weighted by Gasteiger charge is -2.31. The number of anilines is 1. The summed E-state index contributed by atoms with van der Waals surface area (Å²) in [5.74, 6) is -0.273. The second kappa shape index (κ2) is 7.25. The predicted octanol–water partition coefficient (Wildman–Crippen LogP) is 2.22. The minimum Gasteiger partial charge on any atom is -0.369 e. The third kappa shape index (κ3) is 4.19. The summed E-state index contributed by atoms with van der Waals surface area (Å²) >= 11 is 7.69. The number of nitrogens with two attached hydrogens (primary N) is 1. The number of benzene rings is 1. The van der Waals surface area contributed by atoms with E-state index in [0.29, 0.717) is 17.6 Å². The quantitative estimate of drug-likeness (QED) is 0.862. The molecule has 0 atom stereocenters. The summed E-state index contributed by atoms with van der Waals surface area (Å²) in [6, 6.07) is 7.95. The highest BCUT2D eigenvalue weighted by atomic mass is 35.5. The number of halogens is 1. The first-order valence-corrected chi connectivity index (χ1v) is 8.67. The van der Waals surface area contributed by atoms with Crippen LogP contribution in [0.3, 0.4) is 0 Å². The van der Waals surface area contributed by atoms with E-state index >= 15 is 0 Å². The number of aromatic nitrogens is 2. The molecule has 3 rings (SSSR count). The van der Waals surface area contributed by atoms with E-state index in [2.05, 4.69) is 20.4 Å². The van der Waals surface area contributed by atoms with Crippen LogP contribution in [0.1, 0.15) is 12.8 Å². The lowest BCUT2D eigenvalue weighted by Crippen LogP contribution is -2.42. The molecule has 0 spiro atoms. The molecule has 6 nitrogen and oxygen atoms in total. The molecule has 2 heterocycles. The molecule has 0 aliphatic carbocycles. The first-order chi connectivity index (χ1) is 11.1. The molecule has 0 radical (unpaired) electrons. The summed E-state index contributed by atoms with van der Waals surface area (Å²) in [6.45, 7) is 2.05. The summed E-state index contributed by atoms with van der Waals surface area (Å²) in [5.41, 5.74) is 6.13. The molecule has 122 valence electrons. The molecule has 1 amide bonds. The van der Waals surface area contributed by atoms with Crippen LogP contribution in [0.5, 0.6) is 0 Å². The minimum absolute atomic E-state index is 0.273. The van der Waals surface area contributed by atoms with Gasteiger partial charge in [-0.05, 0) is 18.9 Å². The summed E-state index contributed by atoms with van der Waals surface area (Å²) in [5, 5.41) is 14.1. The van der Waals surface area contributed by atoms with Gasteiger partial charge >= 0.3 is 0 Å². The van der Waals surface area contributed by atoms with Crippen LogP contribution < -0.4 is 11.1 Å². The first kappa shape index (κ1) is 16.2. The minimum atomic E-state index is -0.273. The van der Waals surface area contributed by atoms with Gasteiger partial charge in [0.15, 0.2) is 5.01 Å². The molecule has 0 bridgehead atoms. The van der Waals surface area contributed by atoms with Crippen molar-refractivity contribution in [3.63, 3.8) is 0 Å². The van der Waals surface area contributed by atoms with Gasteiger partial charge in [-0.1, -0.05) is 41.1 Å². The van der Waals surface area contributed by atoms with Gasteiger partial charge in [-0.3, -0.25) is 9.69 Å². The molecular formula is C15H18ClN5OS. The van der Waals surface area contributed by atoms with E-state index in [1.165, 1.54) is 11.3 Å². The van der Waals surface area contributed by atoms with Crippen LogP contribution in [0.2, 0.25) is 5.02 Å². The first-order valence-electron chi connectivity index (χ1n) is 7.47. The van der Waals surface area contributed by atoms with Crippen LogP contribution in [-0.2, 0) is 4.79 Å². The molecule has 8 heteroatoms. The highest BCUT2D eigenvalue weighted by Crippen LogP contribution is 2.32. The van der Waals surface area contributed by atoms with Gasteiger partial charge in [0.2, 0.25) is 11.0 Å². The van der Waals surface area contributed by atoms with Crippen LogP contribution >= 0.6 is 22.9 Å². The Morgan fingerprint density at radius 3 is 2.78 bits per heavy atom. The van der Waals surface area contributed by atoms with Gasteiger partial charge in [0.05, 0.1) is 11.6 Å². The van der Waals surface area contributed by atoms with E-state index in [0.717, 1.165) is 41.6 Å². The maximum Gasteiger partial charge on any atom is 0.231 e. The number of hydrogen-bond donors (Lipinski definition) is 2. The zero-order valence-electron chi connectivity index (χ0n) is 12.5. The second-order valence-corrected chi connectivity index (χ2v) is 6.94. The van der Waals surface area contributed by atoms with E-state index in [1.807, 2.05) is 24.3 Å². The van der Waals surface area contributed by atoms with Crippen molar-refractivity contribution in [2.45, 2.75) is 18.9 Å². The Labute approximate surface area is 143 Å². The summed E-state index contributed by atoms with van der Waals surface area (Å²) in [7, 11) is 0. The van der Waals surface area contributed by atoms with Crippen LogP contribution in [-0.4, -0.2) is 46.7 Å². The maximum absolute atomic E-state index is 10.9. The van der Waals surface area contributed by atoms with Crippen molar-refractivity contribution in [2.24, 2.45) is 5.73 Å². The monoisotopic (exact) mass is 351 g/mol. The Morgan fingerprint density at radius 1 is 1.35 bits per heavy atom. The Bertz CT molecular complexity index is 684. The molecular weight excluding hydrogens is 334 g/mol.